The van der Waals surface area contributed by atoms with Crippen LogP contribution in [0, 0.1) is 11.2 Å². The van der Waals surface area contributed by atoms with E-state index < -0.39 is 33.0 Å². The third kappa shape index (κ3) is 2.12. The van der Waals surface area contributed by atoms with E-state index in [1.165, 1.54) is 45.7 Å². The maximum Gasteiger partial charge on any atom is 0.314 e. The first kappa shape index (κ1) is 18.6. The summed E-state index contributed by atoms with van der Waals surface area (Å²) in [5.41, 5.74) is -0.534. The first-order chi connectivity index (χ1) is 12.6. The van der Waals surface area contributed by atoms with Gasteiger partial charge in [0, 0.05) is 13.5 Å². The number of piperazine rings is 1. The van der Waals surface area contributed by atoms with Crippen LogP contribution in [0.25, 0.3) is 0 Å². The van der Waals surface area contributed by atoms with Crippen LogP contribution in [0.4, 0.5) is 4.39 Å². The average Bonchev–Trinajstić information content (AvgIpc) is 2.94. The van der Waals surface area contributed by atoms with Gasteiger partial charge in [-0.3, -0.25) is 14.4 Å². The van der Waals surface area contributed by atoms with Crippen molar-refractivity contribution in [3.63, 3.8) is 0 Å². The Labute approximate surface area is 164 Å². The van der Waals surface area contributed by atoms with Crippen molar-refractivity contribution in [1.82, 2.24) is 9.80 Å². The minimum atomic E-state index is -1.18. The molecule has 9 heteroatoms. The molecule has 5 rings (SSSR count). The number of ether oxygens (including phenoxy) is 1. The molecule has 1 aromatic rings. The predicted molar refractivity (Wildman–Crippen MR) is 99.8 cm³/mol. The molecule has 4 aliphatic rings. The van der Waals surface area contributed by atoms with Crippen molar-refractivity contribution in [2.24, 2.45) is 5.41 Å². The Bertz CT molecular complexity index is 865. The van der Waals surface area contributed by atoms with Gasteiger partial charge in [-0.15, -0.1) is 0 Å². The molecule has 0 aliphatic carbocycles. The van der Waals surface area contributed by atoms with Crippen molar-refractivity contribution >= 4 is 39.4 Å². The molecule has 27 heavy (non-hydrogen) atoms. The molecule has 1 spiro atoms. The molecular formula is C18H19FN2O4S2. The summed E-state index contributed by atoms with van der Waals surface area (Å²) in [7, 11) is 5.58. The van der Waals surface area contributed by atoms with Crippen LogP contribution in [0.2, 0.25) is 0 Å². The van der Waals surface area contributed by atoms with Gasteiger partial charge in [0.15, 0.2) is 9.74 Å². The second-order valence-electron chi connectivity index (χ2n) is 7.51. The van der Waals surface area contributed by atoms with E-state index in [1.807, 2.05) is 0 Å². The minimum Gasteiger partial charge on any atom is -0.469 e. The van der Waals surface area contributed by atoms with Gasteiger partial charge in [0.05, 0.1) is 18.6 Å². The highest BCUT2D eigenvalue weighted by molar-refractivity contribution is 8.78. The van der Waals surface area contributed by atoms with Crippen LogP contribution in [0.3, 0.4) is 0 Å². The Kier molecular flexibility index (Phi) is 3.89. The molecule has 4 fully saturated rings. The van der Waals surface area contributed by atoms with E-state index in [9.17, 15) is 18.8 Å². The van der Waals surface area contributed by atoms with Crippen LogP contribution in [-0.4, -0.2) is 51.5 Å². The van der Waals surface area contributed by atoms with Crippen LogP contribution in [-0.2, 0) is 19.1 Å². The SMILES string of the molecule is COC(=O)[C@@]1(C)CC23SSC(C)(C(=O)N2[C@H]1c1ccc(F)cc1)N(C)C3=O. The number of carbonyl (C=O) groups is 3. The van der Waals surface area contributed by atoms with E-state index >= 15 is 0 Å². The average molecular weight is 410 g/mol. The summed E-state index contributed by atoms with van der Waals surface area (Å²) in [5.74, 6) is -1.34. The number of rotatable bonds is 2. The van der Waals surface area contributed by atoms with Crippen LogP contribution >= 0.6 is 21.6 Å². The highest BCUT2D eigenvalue weighted by atomic mass is 33.1. The van der Waals surface area contributed by atoms with Crippen LogP contribution in [0.1, 0.15) is 31.9 Å². The number of hydrogen-bond donors (Lipinski definition) is 0. The molecular weight excluding hydrogens is 391 g/mol. The van der Waals surface area contributed by atoms with Gasteiger partial charge in [0.25, 0.3) is 11.8 Å². The lowest BCUT2D eigenvalue weighted by atomic mass is 9.78. The van der Waals surface area contributed by atoms with Crippen LogP contribution in [0.5, 0.6) is 0 Å². The summed E-state index contributed by atoms with van der Waals surface area (Å²) in [6, 6.07) is 4.99. The molecule has 4 heterocycles. The summed E-state index contributed by atoms with van der Waals surface area (Å²) >= 11 is 0. The van der Waals surface area contributed by atoms with Crippen molar-refractivity contribution < 1.29 is 23.5 Å². The van der Waals surface area contributed by atoms with E-state index in [1.54, 1.807) is 37.9 Å². The number of carbonyl (C=O) groups excluding carboxylic acids is 3. The Balaban J connectivity index is 1.95. The molecule has 1 aromatic carbocycles. The lowest BCUT2D eigenvalue weighted by Gasteiger charge is -2.57. The molecule has 2 amide bonds. The lowest BCUT2D eigenvalue weighted by Crippen LogP contribution is -2.73. The number of nitrogens with zero attached hydrogens (tertiary/aromatic N) is 2. The number of hydrogen-bond acceptors (Lipinski definition) is 6. The summed E-state index contributed by atoms with van der Waals surface area (Å²) in [5, 5.41) is 0. The summed E-state index contributed by atoms with van der Waals surface area (Å²) < 4.78 is 18.5. The highest BCUT2D eigenvalue weighted by Gasteiger charge is 2.76. The Morgan fingerprint density at radius 3 is 2.41 bits per heavy atom. The summed E-state index contributed by atoms with van der Waals surface area (Å²) in [6.07, 6.45) is 0.136. The van der Waals surface area contributed by atoms with Gasteiger partial charge in [-0.05, 0) is 31.5 Å². The molecule has 0 aromatic heterocycles. The van der Waals surface area contributed by atoms with E-state index in [0.29, 0.717) is 5.56 Å². The number of halogens is 1. The number of benzene rings is 1. The summed E-state index contributed by atoms with van der Waals surface area (Å²) in [6.45, 7) is 3.42. The zero-order valence-electron chi connectivity index (χ0n) is 15.3. The standard InChI is InChI=1S/C18H19FN2O4S2/c1-16(15(24)25-4)9-18-14(23)20(3)17(2,26-27-18)13(22)21(18)12(16)10-5-7-11(19)8-6-10/h5-8,12H,9H2,1-4H3/t12-,16-,17?,18?/m0/s1. The van der Waals surface area contributed by atoms with Gasteiger partial charge in [0.1, 0.15) is 5.82 Å². The second-order valence-corrected chi connectivity index (χ2v) is 10.3. The van der Waals surface area contributed by atoms with Crippen molar-refractivity contribution in [2.45, 2.75) is 36.1 Å². The maximum absolute atomic E-state index is 13.5. The third-order valence-electron chi connectivity index (χ3n) is 5.93. The largest absolute Gasteiger partial charge is 0.469 e. The van der Waals surface area contributed by atoms with Gasteiger partial charge in [-0.25, -0.2) is 4.39 Å². The van der Waals surface area contributed by atoms with E-state index in [-0.39, 0.29) is 18.2 Å². The predicted octanol–water partition coefficient (Wildman–Crippen LogP) is 2.56. The molecule has 0 N–H and O–H groups in total. The Hall–Kier alpha value is -1.74. The van der Waals surface area contributed by atoms with Gasteiger partial charge in [-0.2, -0.15) is 0 Å². The first-order valence-electron chi connectivity index (χ1n) is 8.44. The third-order valence-corrected chi connectivity index (χ3v) is 9.63. The van der Waals surface area contributed by atoms with Gasteiger partial charge in [-0.1, -0.05) is 33.7 Å². The van der Waals surface area contributed by atoms with Gasteiger partial charge < -0.3 is 14.5 Å². The monoisotopic (exact) mass is 410 g/mol. The Morgan fingerprint density at radius 2 is 1.81 bits per heavy atom. The van der Waals surface area contributed by atoms with Gasteiger partial charge in [0.2, 0.25) is 0 Å². The van der Waals surface area contributed by atoms with E-state index in [4.69, 9.17) is 4.74 Å². The Morgan fingerprint density at radius 1 is 1.19 bits per heavy atom. The fourth-order valence-electron chi connectivity index (χ4n) is 4.38. The molecule has 4 aliphatic heterocycles. The van der Waals surface area contributed by atoms with Crippen molar-refractivity contribution in [2.75, 3.05) is 14.2 Å². The molecule has 4 atom stereocenters. The molecule has 2 bridgehead atoms. The topological polar surface area (TPSA) is 66.9 Å². The zero-order chi connectivity index (χ0) is 19.8. The molecule has 0 radical (unpaired) electrons. The first-order valence-corrected chi connectivity index (χ1v) is 10.6. The number of likely N-dealkylation sites (N-methyl/N-ethyl adjacent to an activating group) is 1. The molecule has 2 unspecified atom stereocenters. The molecule has 4 saturated heterocycles. The van der Waals surface area contributed by atoms with Crippen molar-refractivity contribution in [1.29, 1.82) is 0 Å². The van der Waals surface area contributed by atoms with Crippen LogP contribution < -0.4 is 0 Å². The molecule has 6 nitrogen and oxygen atoms in total. The summed E-state index contributed by atoms with van der Waals surface area (Å²) in [4.78, 5) is 40.3. The zero-order valence-corrected chi connectivity index (χ0v) is 16.9. The fraction of sp³-hybridized carbons (Fsp3) is 0.500. The van der Waals surface area contributed by atoms with Crippen molar-refractivity contribution in [3.05, 3.63) is 35.6 Å². The fourth-order valence-corrected chi connectivity index (χ4v) is 7.96. The highest BCUT2D eigenvalue weighted by Crippen LogP contribution is 2.69. The smallest absolute Gasteiger partial charge is 0.314 e. The number of amides is 2. The second kappa shape index (κ2) is 5.64. The van der Waals surface area contributed by atoms with E-state index in [0.717, 1.165) is 0 Å². The quantitative estimate of drug-likeness (QED) is 0.552. The normalized spacial score (nSPS) is 37.6. The molecule has 144 valence electrons. The van der Waals surface area contributed by atoms with E-state index in [2.05, 4.69) is 0 Å². The maximum atomic E-state index is 13.5. The number of fused-ring (bicyclic) bond motifs is 2. The molecule has 0 saturated carbocycles. The lowest BCUT2D eigenvalue weighted by molar-refractivity contribution is -0.165. The van der Waals surface area contributed by atoms with Gasteiger partial charge >= 0.3 is 5.97 Å². The number of esters is 1. The minimum absolute atomic E-state index is 0.136. The van der Waals surface area contributed by atoms with Crippen LogP contribution in [0.15, 0.2) is 24.3 Å². The number of methoxy groups -OCH3 is 1. The van der Waals surface area contributed by atoms with Crippen molar-refractivity contribution in [3.8, 4) is 0 Å².